The lowest BCUT2D eigenvalue weighted by atomic mass is 10.1. The first kappa shape index (κ1) is 20.3. The number of nitro groups is 1. The Bertz CT molecular complexity index is 1280. The van der Waals surface area contributed by atoms with Gasteiger partial charge in [-0.2, -0.15) is 0 Å². The number of nitrogens with two attached hydrogens (primary N) is 1. The molecule has 3 aromatic heterocycles. The molecular formula is C19H16ClFN8O2. The maximum absolute atomic E-state index is 13.5. The number of anilines is 3. The quantitative estimate of drug-likeness (QED) is 0.224. The molecule has 0 aliphatic carbocycles. The van der Waals surface area contributed by atoms with Crippen LogP contribution in [0.1, 0.15) is 0 Å². The third-order valence-electron chi connectivity index (χ3n) is 4.42. The fraction of sp³-hybridized carbons (Fsp3) is 0.105. The highest BCUT2D eigenvalue weighted by Gasteiger charge is 2.13. The van der Waals surface area contributed by atoms with Crippen LogP contribution >= 0.6 is 11.6 Å². The van der Waals surface area contributed by atoms with E-state index in [9.17, 15) is 14.5 Å². The molecule has 3 heterocycles. The number of hydrogen-bond donors (Lipinski definition) is 3. The molecule has 10 nitrogen and oxygen atoms in total. The van der Waals surface area contributed by atoms with Crippen LogP contribution in [0.3, 0.4) is 0 Å². The van der Waals surface area contributed by atoms with Gasteiger partial charge in [0.2, 0.25) is 11.8 Å². The second-order valence-electron chi connectivity index (χ2n) is 6.46. The molecule has 0 atom stereocenters. The van der Waals surface area contributed by atoms with E-state index in [2.05, 4.69) is 25.6 Å². The molecule has 0 fully saturated rings. The van der Waals surface area contributed by atoms with Gasteiger partial charge in [-0.05, 0) is 24.3 Å². The van der Waals surface area contributed by atoms with Crippen molar-refractivity contribution in [1.29, 1.82) is 0 Å². The van der Waals surface area contributed by atoms with E-state index < -0.39 is 10.7 Å². The summed E-state index contributed by atoms with van der Waals surface area (Å²) in [7, 11) is 0. The standard InChI is InChI=1S/C19H16ClFN8O2/c20-12-9-11(1-2-13(12)21)14-10-17-24-7-8-28(17)19(26-14)25-6-5-23-16-4-3-15(29(30)31)18(22)27-16/h1-4,7-10H,5-6H2,(H,25,26)(H3,22,23,27). The van der Waals surface area contributed by atoms with Crippen molar-refractivity contribution >= 4 is 40.5 Å². The van der Waals surface area contributed by atoms with Crippen LogP contribution in [0, 0.1) is 15.9 Å². The topological polar surface area (TPSA) is 136 Å². The van der Waals surface area contributed by atoms with Gasteiger partial charge in [0.25, 0.3) is 0 Å². The van der Waals surface area contributed by atoms with Crippen molar-refractivity contribution in [2.75, 3.05) is 29.5 Å². The van der Waals surface area contributed by atoms with Gasteiger partial charge in [0.1, 0.15) is 17.3 Å². The lowest BCUT2D eigenvalue weighted by Gasteiger charge is -2.12. The van der Waals surface area contributed by atoms with E-state index in [1.165, 1.54) is 24.3 Å². The number of nitrogens with one attached hydrogen (secondary N) is 2. The average molecular weight is 443 g/mol. The zero-order valence-electron chi connectivity index (χ0n) is 15.9. The number of benzene rings is 1. The van der Waals surface area contributed by atoms with E-state index in [-0.39, 0.29) is 16.5 Å². The minimum Gasteiger partial charge on any atom is -0.378 e. The number of imidazole rings is 1. The molecule has 0 bridgehead atoms. The van der Waals surface area contributed by atoms with Gasteiger partial charge in [-0.25, -0.2) is 19.3 Å². The molecule has 0 saturated heterocycles. The monoisotopic (exact) mass is 442 g/mol. The number of halogens is 2. The Kier molecular flexibility index (Phi) is 5.50. The number of pyridine rings is 1. The molecule has 0 amide bonds. The average Bonchev–Trinajstić information content (AvgIpc) is 3.21. The maximum Gasteiger partial charge on any atom is 0.311 e. The molecule has 0 aliphatic heterocycles. The Labute approximate surface area is 180 Å². The van der Waals surface area contributed by atoms with Gasteiger partial charge < -0.3 is 16.4 Å². The fourth-order valence-corrected chi connectivity index (χ4v) is 3.12. The summed E-state index contributed by atoms with van der Waals surface area (Å²) in [6.45, 7) is 0.890. The van der Waals surface area contributed by atoms with Crippen molar-refractivity contribution in [3.05, 3.63) is 69.7 Å². The van der Waals surface area contributed by atoms with Crippen molar-refractivity contribution in [3.63, 3.8) is 0 Å². The van der Waals surface area contributed by atoms with E-state index in [0.717, 1.165) is 0 Å². The van der Waals surface area contributed by atoms with Crippen LogP contribution in [-0.2, 0) is 0 Å². The molecule has 4 N–H and O–H groups in total. The van der Waals surface area contributed by atoms with E-state index >= 15 is 0 Å². The molecule has 4 rings (SSSR count). The van der Waals surface area contributed by atoms with Crippen molar-refractivity contribution < 1.29 is 9.31 Å². The van der Waals surface area contributed by atoms with Gasteiger partial charge in [-0.15, -0.1) is 0 Å². The SMILES string of the molecule is Nc1nc(NCCNc2nc(-c3ccc(F)c(Cl)c3)cc3nccn23)ccc1[N+](=O)[O-]. The molecule has 4 aromatic rings. The van der Waals surface area contributed by atoms with E-state index in [1.54, 1.807) is 28.9 Å². The summed E-state index contributed by atoms with van der Waals surface area (Å²) < 4.78 is 15.3. The third-order valence-corrected chi connectivity index (χ3v) is 4.71. The zero-order valence-corrected chi connectivity index (χ0v) is 16.7. The number of fused-ring (bicyclic) bond motifs is 1. The van der Waals surface area contributed by atoms with Gasteiger partial charge in [-0.3, -0.25) is 14.5 Å². The molecule has 12 heteroatoms. The normalized spacial score (nSPS) is 10.9. The Morgan fingerprint density at radius 3 is 2.71 bits per heavy atom. The van der Waals surface area contributed by atoms with Crippen LogP contribution in [0.4, 0.5) is 27.7 Å². The van der Waals surface area contributed by atoms with Crippen LogP contribution in [0.2, 0.25) is 5.02 Å². The number of aromatic nitrogens is 4. The second-order valence-corrected chi connectivity index (χ2v) is 6.87. The number of rotatable bonds is 7. The summed E-state index contributed by atoms with van der Waals surface area (Å²) in [5, 5.41) is 17.1. The van der Waals surface area contributed by atoms with E-state index in [0.29, 0.717) is 41.8 Å². The zero-order chi connectivity index (χ0) is 22.0. The Hall–Kier alpha value is -3.99. The number of nitrogen functional groups attached to an aromatic ring is 1. The Morgan fingerprint density at radius 1 is 1.16 bits per heavy atom. The highest BCUT2D eigenvalue weighted by molar-refractivity contribution is 6.31. The van der Waals surface area contributed by atoms with Gasteiger partial charge in [0, 0.05) is 43.2 Å². The second kappa shape index (κ2) is 8.40. The molecule has 158 valence electrons. The summed E-state index contributed by atoms with van der Waals surface area (Å²) in [4.78, 5) is 23.1. The maximum atomic E-state index is 13.5. The van der Waals surface area contributed by atoms with Crippen LogP contribution in [0.25, 0.3) is 16.9 Å². The van der Waals surface area contributed by atoms with Crippen LogP contribution in [0.15, 0.2) is 48.8 Å². The molecule has 0 aliphatic rings. The van der Waals surface area contributed by atoms with Crippen molar-refractivity contribution in [2.24, 2.45) is 0 Å². The smallest absolute Gasteiger partial charge is 0.311 e. The minimum absolute atomic E-state index is 0.0103. The fourth-order valence-electron chi connectivity index (χ4n) is 2.94. The van der Waals surface area contributed by atoms with E-state index in [1.807, 2.05) is 0 Å². The van der Waals surface area contributed by atoms with Crippen molar-refractivity contribution in [3.8, 4) is 11.3 Å². The predicted molar refractivity (Wildman–Crippen MR) is 116 cm³/mol. The highest BCUT2D eigenvalue weighted by atomic mass is 35.5. The first-order chi connectivity index (χ1) is 14.9. The summed E-state index contributed by atoms with van der Waals surface area (Å²) in [5.41, 5.74) is 7.25. The summed E-state index contributed by atoms with van der Waals surface area (Å²) >= 11 is 5.90. The largest absolute Gasteiger partial charge is 0.378 e. The molecule has 31 heavy (non-hydrogen) atoms. The van der Waals surface area contributed by atoms with Crippen molar-refractivity contribution in [1.82, 2.24) is 19.4 Å². The first-order valence-corrected chi connectivity index (χ1v) is 9.48. The van der Waals surface area contributed by atoms with Gasteiger partial charge >= 0.3 is 5.69 Å². The Balaban J connectivity index is 1.48. The van der Waals surface area contributed by atoms with E-state index in [4.69, 9.17) is 17.3 Å². The molecule has 1 aromatic carbocycles. The van der Waals surface area contributed by atoms with Crippen LogP contribution in [-0.4, -0.2) is 37.4 Å². The molecular weight excluding hydrogens is 427 g/mol. The lowest BCUT2D eigenvalue weighted by molar-refractivity contribution is -0.384. The number of nitrogens with zero attached hydrogens (tertiary/aromatic N) is 5. The summed E-state index contributed by atoms with van der Waals surface area (Å²) in [6.07, 6.45) is 3.41. The minimum atomic E-state index is -0.586. The highest BCUT2D eigenvalue weighted by Crippen LogP contribution is 2.26. The molecule has 0 unspecified atom stereocenters. The predicted octanol–water partition coefficient (Wildman–Crippen LogP) is 3.60. The van der Waals surface area contributed by atoms with Gasteiger partial charge in [0.15, 0.2) is 0 Å². The lowest BCUT2D eigenvalue weighted by Crippen LogP contribution is -2.17. The first-order valence-electron chi connectivity index (χ1n) is 9.10. The number of hydrogen-bond acceptors (Lipinski definition) is 8. The molecule has 0 saturated carbocycles. The summed E-state index contributed by atoms with van der Waals surface area (Å²) in [5.74, 6) is 0.288. The van der Waals surface area contributed by atoms with Gasteiger partial charge in [-0.1, -0.05) is 11.6 Å². The molecule has 0 radical (unpaired) electrons. The van der Waals surface area contributed by atoms with Gasteiger partial charge in [0.05, 0.1) is 15.6 Å². The summed E-state index contributed by atoms with van der Waals surface area (Å²) in [6, 6.07) is 8.95. The van der Waals surface area contributed by atoms with Crippen LogP contribution < -0.4 is 16.4 Å². The Morgan fingerprint density at radius 2 is 1.97 bits per heavy atom. The van der Waals surface area contributed by atoms with Crippen molar-refractivity contribution in [2.45, 2.75) is 0 Å². The third kappa shape index (κ3) is 4.31. The van der Waals surface area contributed by atoms with Crippen LogP contribution in [0.5, 0.6) is 0 Å². The molecule has 0 spiro atoms.